The number of benzene rings is 1. The molecule has 0 spiro atoms. The molecule has 5 heteroatoms. The molecule has 0 fully saturated rings. The van der Waals surface area contributed by atoms with Crippen LogP contribution in [0.25, 0.3) is 0 Å². The molecule has 0 aliphatic rings. The van der Waals surface area contributed by atoms with E-state index in [0.717, 1.165) is 0 Å². The number of hydrogen-bond donors (Lipinski definition) is 0. The van der Waals surface area contributed by atoms with E-state index in [1.54, 1.807) is 12.1 Å². The van der Waals surface area contributed by atoms with Gasteiger partial charge in [0.25, 0.3) is 0 Å². The molecule has 80 valence electrons. The molecule has 5 nitrogen and oxygen atoms in total. The van der Waals surface area contributed by atoms with Gasteiger partial charge >= 0.3 is 6.16 Å². The molecule has 0 aliphatic carbocycles. The molecule has 0 amide bonds. The molecule has 0 aromatic heterocycles. The molecule has 0 saturated heterocycles. The summed E-state index contributed by atoms with van der Waals surface area (Å²) in [5, 5.41) is 0. The fraction of sp³-hybridized carbons (Fsp3) is 0.200. The first-order valence-electron chi connectivity index (χ1n) is 4.11. The molecule has 0 radical (unpaired) electrons. The van der Waals surface area contributed by atoms with Crippen molar-refractivity contribution in [3.63, 3.8) is 0 Å². The Bertz CT molecular complexity index is 372. The van der Waals surface area contributed by atoms with Crippen LogP contribution in [-0.4, -0.2) is 26.7 Å². The number of ether oxygens (including phenoxy) is 3. The van der Waals surface area contributed by atoms with E-state index in [-0.39, 0.29) is 11.3 Å². The number of para-hydroxylation sites is 1. The van der Waals surface area contributed by atoms with Crippen molar-refractivity contribution in [3.05, 3.63) is 23.8 Å². The predicted octanol–water partition coefficient (Wildman–Crippen LogP) is 1.65. The smallest absolute Gasteiger partial charge is 0.493 e. The third-order valence-corrected chi connectivity index (χ3v) is 1.71. The minimum Gasteiger partial charge on any atom is -0.493 e. The maximum Gasteiger partial charge on any atom is 0.513 e. The lowest BCUT2D eigenvalue weighted by Gasteiger charge is -2.09. The average Bonchev–Trinajstić information content (AvgIpc) is 2.29. The molecule has 0 bridgehead atoms. The lowest BCUT2D eigenvalue weighted by atomic mass is 10.2. The normalized spacial score (nSPS) is 9.20. The van der Waals surface area contributed by atoms with Gasteiger partial charge < -0.3 is 14.2 Å². The first-order chi connectivity index (χ1) is 7.22. The van der Waals surface area contributed by atoms with Crippen LogP contribution in [0.5, 0.6) is 11.5 Å². The fourth-order valence-corrected chi connectivity index (χ4v) is 1.02. The highest BCUT2D eigenvalue weighted by Gasteiger charge is 2.14. The van der Waals surface area contributed by atoms with Crippen molar-refractivity contribution in [3.8, 4) is 11.5 Å². The minimum absolute atomic E-state index is 0.0573. The Kier molecular flexibility index (Phi) is 3.68. The van der Waals surface area contributed by atoms with E-state index in [2.05, 4.69) is 4.74 Å². The van der Waals surface area contributed by atoms with E-state index in [4.69, 9.17) is 9.47 Å². The summed E-state index contributed by atoms with van der Waals surface area (Å²) in [6, 6.07) is 4.70. The van der Waals surface area contributed by atoms with Crippen molar-refractivity contribution >= 4 is 12.4 Å². The number of aldehydes is 1. The second kappa shape index (κ2) is 4.99. The number of carbonyl (C=O) groups excluding carboxylic acids is 2. The highest BCUT2D eigenvalue weighted by Crippen LogP contribution is 2.30. The van der Waals surface area contributed by atoms with Crippen LogP contribution < -0.4 is 9.47 Å². The zero-order chi connectivity index (χ0) is 11.3. The van der Waals surface area contributed by atoms with Gasteiger partial charge in [-0.05, 0) is 12.1 Å². The first-order valence-corrected chi connectivity index (χ1v) is 4.11. The Morgan fingerprint density at radius 3 is 2.60 bits per heavy atom. The molecule has 0 saturated carbocycles. The molecule has 1 aromatic rings. The second-order valence-electron chi connectivity index (χ2n) is 2.55. The standard InChI is InChI=1S/C10H10O5/c1-13-8-5-3-4-7(6-11)9(8)15-10(12)14-2/h3-6H,1-2H3. The van der Waals surface area contributed by atoms with E-state index in [0.29, 0.717) is 12.0 Å². The van der Waals surface area contributed by atoms with Crippen molar-refractivity contribution in [2.24, 2.45) is 0 Å². The molecule has 0 N–H and O–H groups in total. The summed E-state index contributed by atoms with van der Waals surface area (Å²) in [6.07, 6.45) is -0.330. The molecule has 0 heterocycles. The Labute approximate surface area is 86.6 Å². The van der Waals surface area contributed by atoms with Gasteiger partial charge in [-0.25, -0.2) is 4.79 Å². The Morgan fingerprint density at radius 2 is 2.07 bits per heavy atom. The van der Waals surface area contributed by atoms with Crippen LogP contribution in [0.15, 0.2) is 18.2 Å². The van der Waals surface area contributed by atoms with Gasteiger partial charge in [-0.3, -0.25) is 4.79 Å². The molecule has 1 rings (SSSR count). The van der Waals surface area contributed by atoms with Gasteiger partial charge in [0, 0.05) is 0 Å². The van der Waals surface area contributed by atoms with Crippen LogP contribution in [0, 0.1) is 0 Å². The maximum atomic E-state index is 10.9. The van der Waals surface area contributed by atoms with Crippen LogP contribution >= 0.6 is 0 Å². The van der Waals surface area contributed by atoms with Gasteiger partial charge in [-0.1, -0.05) is 6.07 Å². The number of carbonyl (C=O) groups is 2. The summed E-state index contributed by atoms with van der Waals surface area (Å²) in [6.45, 7) is 0. The molecular formula is C10H10O5. The second-order valence-corrected chi connectivity index (χ2v) is 2.55. The van der Waals surface area contributed by atoms with Gasteiger partial charge in [0.2, 0.25) is 0 Å². The van der Waals surface area contributed by atoms with E-state index >= 15 is 0 Å². The third kappa shape index (κ3) is 2.46. The van der Waals surface area contributed by atoms with Crippen LogP contribution in [0.4, 0.5) is 4.79 Å². The minimum atomic E-state index is -0.900. The molecular weight excluding hydrogens is 200 g/mol. The van der Waals surface area contributed by atoms with Gasteiger partial charge in [-0.2, -0.15) is 0 Å². The molecule has 1 aromatic carbocycles. The van der Waals surface area contributed by atoms with E-state index in [1.165, 1.54) is 20.3 Å². The first kappa shape index (κ1) is 11.0. The summed E-state index contributed by atoms with van der Waals surface area (Å²) in [5.41, 5.74) is 0.222. The largest absolute Gasteiger partial charge is 0.513 e. The van der Waals surface area contributed by atoms with Crippen molar-refractivity contribution in [1.29, 1.82) is 0 Å². The zero-order valence-electron chi connectivity index (χ0n) is 8.35. The highest BCUT2D eigenvalue weighted by molar-refractivity contribution is 5.83. The van der Waals surface area contributed by atoms with Gasteiger partial charge in [-0.15, -0.1) is 0 Å². The Hall–Kier alpha value is -2.04. The van der Waals surface area contributed by atoms with Crippen LogP contribution in [0.2, 0.25) is 0 Å². The SMILES string of the molecule is COC(=O)Oc1c(C=O)cccc1OC. The predicted molar refractivity (Wildman–Crippen MR) is 51.4 cm³/mol. The maximum absolute atomic E-state index is 10.9. The molecule has 15 heavy (non-hydrogen) atoms. The summed E-state index contributed by atoms with van der Waals surface area (Å²) < 4.78 is 14.1. The van der Waals surface area contributed by atoms with Crippen molar-refractivity contribution in [1.82, 2.24) is 0 Å². The van der Waals surface area contributed by atoms with E-state index in [9.17, 15) is 9.59 Å². The number of hydrogen-bond acceptors (Lipinski definition) is 5. The van der Waals surface area contributed by atoms with Crippen molar-refractivity contribution < 1.29 is 23.8 Å². The molecule has 0 unspecified atom stereocenters. The summed E-state index contributed by atoms with van der Waals surface area (Å²) >= 11 is 0. The van der Waals surface area contributed by atoms with Crippen LogP contribution in [0.3, 0.4) is 0 Å². The topological polar surface area (TPSA) is 61.8 Å². The van der Waals surface area contributed by atoms with Crippen molar-refractivity contribution in [2.45, 2.75) is 0 Å². The molecule has 0 atom stereocenters. The number of rotatable bonds is 3. The summed E-state index contributed by atoms with van der Waals surface area (Å²) in [4.78, 5) is 21.6. The lowest BCUT2D eigenvalue weighted by molar-refractivity contribution is 0.110. The van der Waals surface area contributed by atoms with Crippen LogP contribution in [-0.2, 0) is 4.74 Å². The summed E-state index contributed by atoms with van der Waals surface area (Å²) in [7, 11) is 2.59. The number of methoxy groups -OCH3 is 2. The third-order valence-electron chi connectivity index (χ3n) is 1.71. The van der Waals surface area contributed by atoms with E-state index in [1.807, 2.05) is 0 Å². The highest BCUT2D eigenvalue weighted by atomic mass is 16.7. The monoisotopic (exact) mass is 210 g/mol. The average molecular weight is 210 g/mol. The Morgan fingerprint density at radius 1 is 1.33 bits per heavy atom. The van der Waals surface area contributed by atoms with Gasteiger partial charge in [0.15, 0.2) is 17.8 Å². The van der Waals surface area contributed by atoms with Crippen LogP contribution in [0.1, 0.15) is 10.4 Å². The van der Waals surface area contributed by atoms with Gasteiger partial charge in [0.05, 0.1) is 19.8 Å². The van der Waals surface area contributed by atoms with Crippen molar-refractivity contribution in [2.75, 3.05) is 14.2 Å². The van der Waals surface area contributed by atoms with Gasteiger partial charge in [0.1, 0.15) is 0 Å². The Balaban J connectivity index is 3.10. The van der Waals surface area contributed by atoms with E-state index < -0.39 is 6.16 Å². The zero-order valence-corrected chi connectivity index (χ0v) is 8.35. The summed E-state index contributed by atoms with van der Waals surface area (Å²) in [5.74, 6) is 0.354. The fourth-order valence-electron chi connectivity index (χ4n) is 1.02. The quantitative estimate of drug-likeness (QED) is 0.431. The molecule has 0 aliphatic heterocycles. The lowest BCUT2D eigenvalue weighted by Crippen LogP contribution is -2.09.